The zero-order chi connectivity index (χ0) is 13.0. The molecule has 8 nitrogen and oxygen atoms in total. The number of carbonyl (C=O) groups is 1. The maximum absolute atomic E-state index is 11.8. The summed E-state index contributed by atoms with van der Waals surface area (Å²) in [5.41, 5.74) is 7.03. The van der Waals surface area contributed by atoms with E-state index in [0.717, 1.165) is 12.0 Å². The Balaban J connectivity index is 1.96. The van der Waals surface area contributed by atoms with Crippen LogP contribution in [0.5, 0.6) is 0 Å². The molecule has 0 radical (unpaired) electrons. The topological polar surface area (TPSA) is 115 Å². The molecule has 1 amide bonds. The minimum absolute atomic E-state index is 0.0924. The van der Waals surface area contributed by atoms with Crippen LogP contribution in [-0.2, 0) is 24.3 Å². The van der Waals surface area contributed by atoms with Crippen LogP contribution >= 0.6 is 0 Å². The normalized spacial score (nSPS) is 10.6. The summed E-state index contributed by atoms with van der Waals surface area (Å²) in [6.07, 6.45) is 4.14. The number of carbonyl (C=O) groups excluding carboxylic acids is 1. The third-order valence-corrected chi connectivity index (χ3v) is 2.46. The molecule has 0 fully saturated rings. The first kappa shape index (κ1) is 12.2. The number of nitrogens with two attached hydrogens (primary N) is 1. The molecule has 0 spiro atoms. The smallest absolute Gasteiger partial charge is 0.247 e. The van der Waals surface area contributed by atoms with E-state index in [4.69, 9.17) is 5.73 Å². The number of H-pyrrole nitrogens is 1. The van der Waals surface area contributed by atoms with E-state index in [-0.39, 0.29) is 12.5 Å². The largest absolute Gasteiger partial charge is 0.325 e. The van der Waals surface area contributed by atoms with E-state index in [1.807, 2.05) is 6.92 Å². The van der Waals surface area contributed by atoms with Gasteiger partial charge in [-0.05, 0) is 6.42 Å². The van der Waals surface area contributed by atoms with Crippen molar-refractivity contribution in [2.45, 2.75) is 26.4 Å². The lowest BCUT2D eigenvalue weighted by molar-refractivity contribution is -0.117. The lowest BCUT2D eigenvalue weighted by atomic mass is 10.2. The predicted octanol–water partition coefficient (Wildman–Crippen LogP) is -0.339. The fourth-order valence-electron chi connectivity index (χ4n) is 1.52. The highest BCUT2D eigenvalue weighted by Crippen LogP contribution is 2.10. The van der Waals surface area contributed by atoms with E-state index in [2.05, 4.69) is 25.8 Å². The van der Waals surface area contributed by atoms with Crippen molar-refractivity contribution in [1.29, 1.82) is 0 Å². The average Bonchev–Trinajstić information content (AvgIpc) is 2.97. The van der Waals surface area contributed by atoms with E-state index >= 15 is 0 Å². The van der Waals surface area contributed by atoms with Crippen LogP contribution in [0.2, 0.25) is 0 Å². The number of hydrogen-bond acceptors (Lipinski definition) is 5. The van der Waals surface area contributed by atoms with Gasteiger partial charge in [0.25, 0.3) is 0 Å². The second-order valence-corrected chi connectivity index (χ2v) is 3.78. The van der Waals surface area contributed by atoms with Gasteiger partial charge in [0.1, 0.15) is 12.4 Å². The number of hydrogen-bond donors (Lipinski definition) is 3. The maximum Gasteiger partial charge on any atom is 0.247 e. The number of nitrogens with zero attached hydrogens (tertiary/aromatic N) is 4. The van der Waals surface area contributed by atoms with Crippen LogP contribution in [0, 0.1) is 0 Å². The highest BCUT2D eigenvalue weighted by atomic mass is 16.2. The van der Waals surface area contributed by atoms with Crippen molar-refractivity contribution in [1.82, 2.24) is 25.2 Å². The summed E-state index contributed by atoms with van der Waals surface area (Å²) in [7, 11) is 0. The van der Waals surface area contributed by atoms with Crippen LogP contribution in [0.1, 0.15) is 18.2 Å². The molecule has 0 aliphatic carbocycles. The summed E-state index contributed by atoms with van der Waals surface area (Å²) in [6, 6.07) is 0. The van der Waals surface area contributed by atoms with Crippen molar-refractivity contribution in [2.24, 2.45) is 5.73 Å². The monoisotopic (exact) mass is 249 g/mol. The summed E-state index contributed by atoms with van der Waals surface area (Å²) >= 11 is 0. The number of nitrogens with one attached hydrogen (secondary N) is 2. The SMILES string of the molecule is CCc1cn[nH]c1NC(=O)Cn1cc(CN)nn1. The van der Waals surface area contributed by atoms with Gasteiger partial charge in [0.15, 0.2) is 0 Å². The Morgan fingerprint density at radius 1 is 1.61 bits per heavy atom. The highest BCUT2D eigenvalue weighted by molar-refractivity contribution is 5.90. The zero-order valence-corrected chi connectivity index (χ0v) is 10.1. The van der Waals surface area contributed by atoms with Gasteiger partial charge in [0, 0.05) is 12.1 Å². The first-order valence-corrected chi connectivity index (χ1v) is 5.64. The number of aromatic nitrogens is 5. The van der Waals surface area contributed by atoms with E-state index in [1.54, 1.807) is 12.4 Å². The van der Waals surface area contributed by atoms with Crippen molar-refractivity contribution < 1.29 is 4.79 Å². The van der Waals surface area contributed by atoms with Crippen LogP contribution in [0.3, 0.4) is 0 Å². The fraction of sp³-hybridized carbons (Fsp3) is 0.400. The van der Waals surface area contributed by atoms with Crippen molar-refractivity contribution in [3.05, 3.63) is 23.7 Å². The van der Waals surface area contributed by atoms with E-state index in [9.17, 15) is 4.79 Å². The maximum atomic E-state index is 11.8. The number of rotatable bonds is 5. The molecule has 0 aliphatic heterocycles. The van der Waals surface area contributed by atoms with Gasteiger partial charge in [-0.2, -0.15) is 5.10 Å². The standard InChI is InChI=1S/C10H15N7O/c1-2-7-4-12-15-10(7)13-9(18)6-17-5-8(3-11)14-16-17/h4-5H,2-3,6,11H2,1H3,(H2,12,13,15,18). The van der Waals surface area contributed by atoms with E-state index < -0.39 is 0 Å². The van der Waals surface area contributed by atoms with Crippen molar-refractivity contribution in [3.63, 3.8) is 0 Å². The zero-order valence-electron chi connectivity index (χ0n) is 10.1. The Bertz CT molecular complexity index is 530. The molecule has 2 aromatic rings. The second kappa shape index (κ2) is 5.41. The molecule has 2 aromatic heterocycles. The van der Waals surface area contributed by atoms with Crippen LogP contribution in [-0.4, -0.2) is 31.1 Å². The summed E-state index contributed by atoms with van der Waals surface area (Å²) in [6.45, 7) is 2.39. The molecule has 0 unspecified atom stereocenters. The lowest BCUT2D eigenvalue weighted by Gasteiger charge is -2.04. The van der Waals surface area contributed by atoms with Crippen molar-refractivity contribution in [3.8, 4) is 0 Å². The predicted molar refractivity (Wildman–Crippen MR) is 64.5 cm³/mol. The lowest BCUT2D eigenvalue weighted by Crippen LogP contribution is -2.20. The van der Waals surface area contributed by atoms with Crippen LogP contribution < -0.4 is 11.1 Å². The molecule has 0 atom stereocenters. The molecule has 18 heavy (non-hydrogen) atoms. The summed E-state index contributed by atoms with van der Waals surface area (Å²) in [5.74, 6) is 0.434. The van der Waals surface area contributed by atoms with Crippen molar-refractivity contribution >= 4 is 11.7 Å². The van der Waals surface area contributed by atoms with Crippen LogP contribution in [0.4, 0.5) is 5.82 Å². The Kier molecular flexibility index (Phi) is 3.68. The molecule has 2 heterocycles. The minimum atomic E-state index is -0.192. The molecule has 8 heteroatoms. The first-order valence-electron chi connectivity index (χ1n) is 5.64. The average molecular weight is 249 g/mol. The second-order valence-electron chi connectivity index (χ2n) is 3.78. The van der Waals surface area contributed by atoms with Crippen LogP contribution in [0.15, 0.2) is 12.4 Å². The molecule has 0 saturated carbocycles. The van der Waals surface area contributed by atoms with Crippen LogP contribution in [0.25, 0.3) is 0 Å². The third-order valence-electron chi connectivity index (χ3n) is 2.46. The molecule has 96 valence electrons. The third kappa shape index (κ3) is 2.72. The summed E-state index contributed by atoms with van der Waals surface area (Å²) in [5, 5.41) is 17.0. The first-order chi connectivity index (χ1) is 8.72. The van der Waals surface area contributed by atoms with Gasteiger partial charge in [-0.25, -0.2) is 4.68 Å². The molecule has 4 N–H and O–H groups in total. The number of anilines is 1. The van der Waals surface area contributed by atoms with Gasteiger partial charge in [-0.15, -0.1) is 5.10 Å². The molecule has 0 aliphatic rings. The quantitative estimate of drug-likeness (QED) is 0.670. The fourth-order valence-corrected chi connectivity index (χ4v) is 1.52. The van der Waals surface area contributed by atoms with Gasteiger partial charge in [-0.3, -0.25) is 9.89 Å². The van der Waals surface area contributed by atoms with Gasteiger partial charge >= 0.3 is 0 Å². The van der Waals surface area contributed by atoms with Gasteiger partial charge in [-0.1, -0.05) is 12.1 Å². The Hall–Kier alpha value is -2.22. The molecular formula is C10H15N7O. The summed E-state index contributed by atoms with van der Waals surface area (Å²) < 4.78 is 1.44. The minimum Gasteiger partial charge on any atom is -0.325 e. The highest BCUT2D eigenvalue weighted by Gasteiger charge is 2.09. The van der Waals surface area contributed by atoms with Gasteiger partial charge < -0.3 is 11.1 Å². The Morgan fingerprint density at radius 3 is 3.11 bits per heavy atom. The number of amides is 1. The van der Waals surface area contributed by atoms with Gasteiger partial charge in [0.05, 0.1) is 18.1 Å². The van der Waals surface area contributed by atoms with Crippen molar-refractivity contribution in [2.75, 3.05) is 5.32 Å². The van der Waals surface area contributed by atoms with E-state index in [1.165, 1.54) is 4.68 Å². The van der Waals surface area contributed by atoms with E-state index in [0.29, 0.717) is 18.1 Å². The summed E-state index contributed by atoms with van der Waals surface area (Å²) in [4.78, 5) is 11.8. The molecule has 2 rings (SSSR count). The Morgan fingerprint density at radius 2 is 2.44 bits per heavy atom. The molecule has 0 saturated heterocycles. The molecule has 0 bridgehead atoms. The number of aryl methyl sites for hydroxylation is 1. The molecule has 0 aromatic carbocycles. The number of aromatic amines is 1. The molecular weight excluding hydrogens is 234 g/mol. The van der Waals surface area contributed by atoms with Gasteiger partial charge in [0.2, 0.25) is 5.91 Å². The Labute approximate surface area is 104 Å².